The minimum Gasteiger partial charge on any atom is -0.397 e. The van der Waals surface area contributed by atoms with Crippen molar-refractivity contribution in [2.24, 2.45) is 0 Å². The van der Waals surface area contributed by atoms with Crippen LogP contribution in [0.3, 0.4) is 0 Å². The molecule has 3 aromatic carbocycles. The highest BCUT2D eigenvalue weighted by atomic mass is 79.9. The van der Waals surface area contributed by atoms with Gasteiger partial charge in [-0.25, -0.2) is 0 Å². The van der Waals surface area contributed by atoms with Crippen molar-refractivity contribution < 1.29 is 0 Å². The molecule has 110 valence electrons. The lowest BCUT2D eigenvalue weighted by molar-refractivity contribution is 1.26. The highest BCUT2D eigenvalue weighted by Crippen LogP contribution is 2.43. The molecule has 2 nitrogen and oxygen atoms in total. The molecule has 2 N–H and O–H groups in total. The molecule has 0 spiro atoms. The summed E-state index contributed by atoms with van der Waals surface area (Å²) in [5.74, 6) is 0. The standard InChI is InChI=1S/C18H14Br2N2/c19-13-7-1-4-10-16(13)22(17-11-5-2-8-14(17)20)18-12-6-3-9-15(18)21/h1-12H,21H2. The molecule has 22 heavy (non-hydrogen) atoms. The van der Waals surface area contributed by atoms with Gasteiger partial charge in [0, 0.05) is 8.95 Å². The number of nitrogens with zero attached hydrogens (tertiary/aromatic N) is 1. The van der Waals surface area contributed by atoms with Gasteiger partial charge in [0.1, 0.15) is 0 Å². The van der Waals surface area contributed by atoms with E-state index in [1.807, 2.05) is 60.7 Å². The van der Waals surface area contributed by atoms with E-state index in [9.17, 15) is 0 Å². The second-order valence-electron chi connectivity index (χ2n) is 4.80. The average molecular weight is 418 g/mol. The molecule has 0 unspecified atom stereocenters. The number of nitrogen functional groups attached to an aromatic ring is 1. The Labute approximate surface area is 146 Å². The minimum absolute atomic E-state index is 0.731. The predicted octanol–water partition coefficient (Wildman–Crippen LogP) is 6.26. The molecule has 0 aliphatic rings. The van der Waals surface area contributed by atoms with Gasteiger partial charge in [-0.3, -0.25) is 0 Å². The maximum absolute atomic E-state index is 6.22. The van der Waals surface area contributed by atoms with Gasteiger partial charge in [-0.2, -0.15) is 0 Å². The van der Waals surface area contributed by atoms with Gasteiger partial charge in [0.15, 0.2) is 0 Å². The van der Waals surface area contributed by atoms with Crippen molar-refractivity contribution in [3.05, 3.63) is 81.7 Å². The highest BCUT2D eigenvalue weighted by molar-refractivity contribution is 9.11. The number of anilines is 4. The quantitative estimate of drug-likeness (QED) is 0.509. The van der Waals surface area contributed by atoms with Gasteiger partial charge in [0.25, 0.3) is 0 Å². The van der Waals surface area contributed by atoms with E-state index in [4.69, 9.17) is 5.73 Å². The first kappa shape index (κ1) is 15.1. The van der Waals surface area contributed by atoms with Gasteiger partial charge < -0.3 is 10.6 Å². The zero-order chi connectivity index (χ0) is 15.5. The molecule has 0 fully saturated rings. The summed E-state index contributed by atoms with van der Waals surface area (Å²) in [5, 5.41) is 0. The van der Waals surface area contributed by atoms with E-state index >= 15 is 0 Å². The Morgan fingerprint density at radius 2 is 1.00 bits per heavy atom. The number of hydrogen-bond donors (Lipinski definition) is 1. The summed E-state index contributed by atoms with van der Waals surface area (Å²) in [6, 6.07) is 24.1. The summed E-state index contributed by atoms with van der Waals surface area (Å²) >= 11 is 7.29. The van der Waals surface area contributed by atoms with Crippen LogP contribution in [0.5, 0.6) is 0 Å². The smallest absolute Gasteiger partial charge is 0.0692 e. The Morgan fingerprint density at radius 3 is 1.45 bits per heavy atom. The molecular weight excluding hydrogens is 404 g/mol. The van der Waals surface area contributed by atoms with Gasteiger partial charge in [0.2, 0.25) is 0 Å². The zero-order valence-corrected chi connectivity index (χ0v) is 14.9. The summed E-state index contributed by atoms with van der Waals surface area (Å²) in [6.07, 6.45) is 0. The van der Waals surface area contributed by atoms with Crippen molar-refractivity contribution in [2.75, 3.05) is 10.6 Å². The maximum Gasteiger partial charge on any atom is 0.0692 e. The van der Waals surface area contributed by atoms with Gasteiger partial charge in [-0.15, -0.1) is 0 Å². The summed E-state index contributed by atoms with van der Waals surface area (Å²) in [7, 11) is 0. The van der Waals surface area contributed by atoms with Crippen LogP contribution in [0.25, 0.3) is 0 Å². The van der Waals surface area contributed by atoms with Crippen LogP contribution in [0.15, 0.2) is 81.7 Å². The molecule has 0 atom stereocenters. The number of benzene rings is 3. The molecule has 0 amide bonds. The van der Waals surface area contributed by atoms with Crippen molar-refractivity contribution >= 4 is 54.6 Å². The number of nitrogens with two attached hydrogens (primary N) is 1. The molecule has 3 aromatic rings. The fraction of sp³-hybridized carbons (Fsp3) is 0. The van der Waals surface area contributed by atoms with Crippen molar-refractivity contribution in [2.45, 2.75) is 0 Å². The lowest BCUT2D eigenvalue weighted by Crippen LogP contribution is -2.13. The second-order valence-corrected chi connectivity index (χ2v) is 6.51. The van der Waals surface area contributed by atoms with Gasteiger partial charge in [-0.1, -0.05) is 36.4 Å². The molecule has 0 saturated carbocycles. The Hall–Kier alpha value is -1.78. The fourth-order valence-corrected chi connectivity index (χ4v) is 3.27. The third kappa shape index (κ3) is 2.89. The maximum atomic E-state index is 6.22. The molecule has 0 radical (unpaired) electrons. The van der Waals surface area contributed by atoms with Gasteiger partial charge in [0.05, 0.1) is 22.7 Å². The molecule has 0 aromatic heterocycles. The molecule has 0 saturated heterocycles. The van der Waals surface area contributed by atoms with Crippen LogP contribution in [0.4, 0.5) is 22.7 Å². The van der Waals surface area contributed by atoms with Crippen LogP contribution >= 0.6 is 31.9 Å². The van der Waals surface area contributed by atoms with E-state index in [0.29, 0.717) is 0 Å². The zero-order valence-electron chi connectivity index (χ0n) is 11.7. The SMILES string of the molecule is Nc1ccccc1N(c1ccccc1Br)c1ccccc1Br. The first-order valence-corrected chi connectivity index (χ1v) is 8.41. The number of hydrogen-bond acceptors (Lipinski definition) is 2. The lowest BCUT2D eigenvalue weighted by atomic mass is 10.1. The monoisotopic (exact) mass is 416 g/mol. The minimum atomic E-state index is 0.731. The van der Waals surface area contributed by atoms with Crippen LogP contribution in [0.1, 0.15) is 0 Å². The third-order valence-electron chi connectivity index (χ3n) is 3.36. The van der Waals surface area contributed by atoms with Crippen molar-refractivity contribution in [1.29, 1.82) is 0 Å². The summed E-state index contributed by atoms with van der Waals surface area (Å²) in [4.78, 5) is 2.14. The summed E-state index contributed by atoms with van der Waals surface area (Å²) in [5.41, 5.74) is 9.97. The number of para-hydroxylation sites is 4. The molecular formula is C18H14Br2N2. The molecule has 0 aliphatic carbocycles. The number of rotatable bonds is 3. The van der Waals surface area contributed by atoms with Crippen molar-refractivity contribution in [3.8, 4) is 0 Å². The lowest BCUT2D eigenvalue weighted by Gasteiger charge is -2.28. The summed E-state index contributed by atoms with van der Waals surface area (Å²) < 4.78 is 2.02. The van der Waals surface area contributed by atoms with Crippen molar-refractivity contribution in [3.63, 3.8) is 0 Å². The average Bonchev–Trinajstić information content (AvgIpc) is 2.53. The molecule has 4 heteroatoms. The Kier molecular flexibility index (Phi) is 4.50. The van der Waals surface area contributed by atoms with Crippen LogP contribution in [0, 0.1) is 0 Å². The van der Waals surface area contributed by atoms with E-state index < -0.39 is 0 Å². The molecule has 3 rings (SSSR count). The van der Waals surface area contributed by atoms with E-state index in [1.165, 1.54) is 0 Å². The van der Waals surface area contributed by atoms with Crippen LogP contribution < -0.4 is 10.6 Å². The Bertz CT molecular complexity index is 694. The molecule has 0 bridgehead atoms. The van der Waals surface area contributed by atoms with Crippen LogP contribution in [-0.2, 0) is 0 Å². The first-order chi connectivity index (χ1) is 10.7. The third-order valence-corrected chi connectivity index (χ3v) is 4.71. The fourth-order valence-electron chi connectivity index (χ4n) is 2.35. The van der Waals surface area contributed by atoms with Gasteiger partial charge >= 0.3 is 0 Å². The topological polar surface area (TPSA) is 29.3 Å². The first-order valence-electron chi connectivity index (χ1n) is 6.82. The highest BCUT2D eigenvalue weighted by Gasteiger charge is 2.18. The second kappa shape index (κ2) is 6.55. The van der Waals surface area contributed by atoms with E-state index in [1.54, 1.807) is 0 Å². The van der Waals surface area contributed by atoms with Gasteiger partial charge in [-0.05, 0) is 68.3 Å². The molecule has 0 aliphatic heterocycles. The summed E-state index contributed by atoms with van der Waals surface area (Å²) in [6.45, 7) is 0. The van der Waals surface area contributed by atoms with E-state index in [-0.39, 0.29) is 0 Å². The van der Waals surface area contributed by atoms with Crippen molar-refractivity contribution in [1.82, 2.24) is 0 Å². The normalized spacial score (nSPS) is 10.5. The van der Waals surface area contributed by atoms with Crippen LogP contribution in [-0.4, -0.2) is 0 Å². The van der Waals surface area contributed by atoms with Crippen LogP contribution in [0.2, 0.25) is 0 Å². The predicted molar refractivity (Wildman–Crippen MR) is 101 cm³/mol. The number of halogens is 2. The van der Waals surface area contributed by atoms with E-state index in [0.717, 1.165) is 31.7 Å². The molecule has 0 heterocycles. The Balaban J connectivity index is 2.27. The Morgan fingerprint density at radius 1 is 0.591 bits per heavy atom. The largest absolute Gasteiger partial charge is 0.397 e. The van der Waals surface area contributed by atoms with E-state index in [2.05, 4.69) is 48.9 Å².